The molecule has 0 aliphatic rings. The molecule has 0 amide bonds. The second-order valence-corrected chi connectivity index (χ2v) is 4.05. The van der Waals surface area contributed by atoms with Crippen LogP contribution in [0.2, 0.25) is 0 Å². The number of thiophene rings is 1. The van der Waals surface area contributed by atoms with Crippen molar-refractivity contribution in [3.8, 4) is 0 Å². The van der Waals surface area contributed by atoms with E-state index in [2.05, 4.69) is 10.3 Å². The number of carboxylic acids is 1. The summed E-state index contributed by atoms with van der Waals surface area (Å²) in [5.74, 6) is -0.298. The van der Waals surface area contributed by atoms with Gasteiger partial charge in [0, 0.05) is 5.38 Å². The summed E-state index contributed by atoms with van der Waals surface area (Å²) in [6.45, 7) is 1.68. The fourth-order valence-corrected chi connectivity index (χ4v) is 1.93. The Morgan fingerprint density at radius 3 is 2.81 bits per heavy atom. The molecule has 0 aliphatic heterocycles. The highest BCUT2D eigenvalue weighted by molar-refractivity contribution is 7.08. The van der Waals surface area contributed by atoms with E-state index in [1.807, 2.05) is 16.8 Å². The molecule has 16 heavy (non-hydrogen) atoms. The van der Waals surface area contributed by atoms with Crippen molar-refractivity contribution < 1.29 is 9.90 Å². The molecule has 0 saturated carbocycles. The van der Waals surface area contributed by atoms with E-state index in [9.17, 15) is 4.79 Å². The van der Waals surface area contributed by atoms with Crippen molar-refractivity contribution in [2.24, 2.45) is 0 Å². The Kier molecular flexibility index (Phi) is 2.87. The van der Waals surface area contributed by atoms with Crippen molar-refractivity contribution in [3.63, 3.8) is 0 Å². The van der Waals surface area contributed by atoms with Gasteiger partial charge in [-0.3, -0.25) is 0 Å². The summed E-state index contributed by atoms with van der Waals surface area (Å²) in [7, 11) is 0. The van der Waals surface area contributed by atoms with Gasteiger partial charge in [-0.05, 0) is 30.5 Å². The van der Waals surface area contributed by atoms with Gasteiger partial charge in [-0.1, -0.05) is 0 Å². The lowest BCUT2D eigenvalue weighted by molar-refractivity contribution is 0.0695. The van der Waals surface area contributed by atoms with Crippen molar-refractivity contribution in [2.75, 3.05) is 5.32 Å². The monoisotopic (exact) mass is 234 g/mol. The van der Waals surface area contributed by atoms with Gasteiger partial charge in [0.1, 0.15) is 5.82 Å². The zero-order valence-electron chi connectivity index (χ0n) is 8.60. The third kappa shape index (κ3) is 2.20. The van der Waals surface area contributed by atoms with Crippen LogP contribution in [0, 0.1) is 6.92 Å². The highest BCUT2D eigenvalue weighted by Crippen LogP contribution is 2.18. The van der Waals surface area contributed by atoms with Crippen LogP contribution in [-0.4, -0.2) is 16.1 Å². The van der Waals surface area contributed by atoms with Crippen LogP contribution in [0.1, 0.15) is 16.1 Å². The molecule has 2 aromatic heterocycles. The van der Waals surface area contributed by atoms with Crippen molar-refractivity contribution >= 4 is 28.8 Å². The van der Waals surface area contributed by atoms with Crippen LogP contribution >= 0.6 is 11.3 Å². The standard InChI is InChI=1S/C11H10N2O2S/c1-7-9(11(14)15)2-3-10(12-7)13-8-4-5-16-6-8/h2-6H,1H3,(H,12,13)(H,14,15). The molecule has 2 aromatic rings. The predicted octanol–water partition coefficient (Wildman–Crippen LogP) is 2.89. The van der Waals surface area contributed by atoms with Crippen LogP contribution in [0.15, 0.2) is 29.0 Å². The van der Waals surface area contributed by atoms with Gasteiger partial charge in [0.15, 0.2) is 0 Å². The number of aryl methyl sites for hydroxylation is 1. The minimum Gasteiger partial charge on any atom is -0.478 e. The number of nitrogens with zero attached hydrogens (tertiary/aromatic N) is 1. The first-order chi connectivity index (χ1) is 7.66. The minimum atomic E-state index is -0.952. The second-order valence-electron chi connectivity index (χ2n) is 3.27. The molecule has 0 fully saturated rings. The molecule has 82 valence electrons. The fraction of sp³-hybridized carbons (Fsp3) is 0.0909. The maximum absolute atomic E-state index is 10.8. The predicted molar refractivity (Wildman–Crippen MR) is 63.5 cm³/mol. The van der Waals surface area contributed by atoms with Crippen LogP contribution in [0.3, 0.4) is 0 Å². The molecule has 0 aromatic carbocycles. The molecule has 0 aliphatic carbocycles. The number of rotatable bonds is 3. The van der Waals surface area contributed by atoms with E-state index in [4.69, 9.17) is 5.11 Å². The Balaban J connectivity index is 2.24. The van der Waals surface area contributed by atoms with Gasteiger partial charge in [-0.15, -0.1) is 0 Å². The summed E-state index contributed by atoms with van der Waals surface area (Å²) in [6.07, 6.45) is 0. The number of anilines is 2. The molecule has 0 saturated heterocycles. The Morgan fingerprint density at radius 1 is 1.44 bits per heavy atom. The number of carbonyl (C=O) groups is 1. The number of nitrogens with one attached hydrogen (secondary N) is 1. The Labute approximate surface area is 96.6 Å². The van der Waals surface area contributed by atoms with Crippen LogP contribution in [0.4, 0.5) is 11.5 Å². The Bertz CT molecular complexity index is 509. The number of hydrogen-bond donors (Lipinski definition) is 2. The minimum absolute atomic E-state index is 0.232. The van der Waals surface area contributed by atoms with E-state index < -0.39 is 5.97 Å². The topological polar surface area (TPSA) is 62.2 Å². The maximum atomic E-state index is 10.8. The lowest BCUT2D eigenvalue weighted by atomic mass is 10.2. The molecule has 4 nitrogen and oxygen atoms in total. The molecule has 0 radical (unpaired) electrons. The maximum Gasteiger partial charge on any atom is 0.337 e. The van der Waals surface area contributed by atoms with Gasteiger partial charge in [0.25, 0.3) is 0 Å². The molecule has 5 heteroatoms. The van der Waals surface area contributed by atoms with Gasteiger partial charge in [0.2, 0.25) is 0 Å². The number of aromatic carboxylic acids is 1. The first-order valence-electron chi connectivity index (χ1n) is 4.67. The smallest absolute Gasteiger partial charge is 0.337 e. The fourth-order valence-electron chi connectivity index (χ4n) is 1.34. The molecule has 0 bridgehead atoms. The number of hydrogen-bond acceptors (Lipinski definition) is 4. The van der Waals surface area contributed by atoms with Crippen molar-refractivity contribution in [3.05, 3.63) is 40.2 Å². The molecular formula is C11H10N2O2S. The summed E-state index contributed by atoms with van der Waals surface area (Å²) in [5, 5.41) is 15.9. The van der Waals surface area contributed by atoms with Gasteiger partial charge in [0.05, 0.1) is 16.9 Å². The average Bonchev–Trinajstić information content (AvgIpc) is 2.70. The second kappa shape index (κ2) is 4.32. The summed E-state index contributed by atoms with van der Waals surface area (Å²) in [4.78, 5) is 15.0. The molecule has 0 unspecified atom stereocenters. The Hall–Kier alpha value is -1.88. The van der Waals surface area contributed by atoms with Crippen LogP contribution in [-0.2, 0) is 0 Å². The normalized spacial score (nSPS) is 10.1. The van der Waals surface area contributed by atoms with Gasteiger partial charge < -0.3 is 10.4 Å². The van der Waals surface area contributed by atoms with Gasteiger partial charge >= 0.3 is 5.97 Å². The van der Waals surface area contributed by atoms with Gasteiger partial charge in [-0.2, -0.15) is 11.3 Å². The molecule has 2 rings (SSSR count). The van der Waals surface area contributed by atoms with E-state index in [1.165, 1.54) is 0 Å². The number of pyridine rings is 1. The zero-order valence-corrected chi connectivity index (χ0v) is 9.41. The molecule has 0 spiro atoms. The van der Waals surface area contributed by atoms with Crippen molar-refractivity contribution in [1.82, 2.24) is 4.98 Å². The lowest BCUT2D eigenvalue weighted by Gasteiger charge is -2.05. The van der Waals surface area contributed by atoms with Crippen LogP contribution < -0.4 is 5.32 Å². The Morgan fingerprint density at radius 2 is 2.25 bits per heavy atom. The first-order valence-corrected chi connectivity index (χ1v) is 5.61. The van der Waals surface area contributed by atoms with E-state index >= 15 is 0 Å². The third-order valence-corrected chi connectivity index (χ3v) is 2.79. The number of aromatic nitrogens is 1. The summed E-state index contributed by atoms with van der Waals surface area (Å²) < 4.78 is 0. The zero-order chi connectivity index (χ0) is 11.5. The SMILES string of the molecule is Cc1nc(Nc2ccsc2)ccc1C(=O)O. The molecule has 2 heterocycles. The summed E-state index contributed by atoms with van der Waals surface area (Å²) >= 11 is 1.59. The average molecular weight is 234 g/mol. The third-order valence-electron chi connectivity index (χ3n) is 2.11. The summed E-state index contributed by atoms with van der Waals surface area (Å²) in [6, 6.07) is 5.15. The van der Waals surface area contributed by atoms with Crippen LogP contribution in [0.5, 0.6) is 0 Å². The highest BCUT2D eigenvalue weighted by Gasteiger charge is 2.08. The van der Waals surface area contributed by atoms with E-state index in [0.717, 1.165) is 5.69 Å². The molecular weight excluding hydrogens is 224 g/mol. The lowest BCUT2D eigenvalue weighted by Crippen LogP contribution is -2.03. The highest BCUT2D eigenvalue weighted by atomic mass is 32.1. The van der Waals surface area contributed by atoms with E-state index in [0.29, 0.717) is 11.5 Å². The summed E-state index contributed by atoms with van der Waals surface area (Å²) in [5.41, 5.74) is 1.70. The van der Waals surface area contributed by atoms with Gasteiger partial charge in [-0.25, -0.2) is 9.78 Å². The van der Waals surface area contributed by atoms with Crippen molar-refractivity contribution in [1.29, 1.82) is 0 Å². The van der Waals surface area contributed by atoms with E-state index in [-0.39, 0.29) is 5.56 Å². The molecule has 2 N–H and O–H groups in total. The first kappa shape index (κ1) is 10.6. The van der Waals surface area contributed by atoms with Crippen molar-refractivity contribution in [2.45, 2.75) is 6.92 Å². The van der Waals surface area contributed by atoms with E-state index in [1.54, 1.807) is 30.4 Å². The largest absolute Gasteiger partial charge is 0.478 e. The molecule has 0 atom stereocenters. The van der Waals surface area contributed by atoms with Crippen LogP contribution in [0.25, 0.3) is 0 Å². The number of carboxylic acid groups (broad SMARTS) is 1. The quantitative estimate of drug-likeness (QED) is 0.857.